The monoisotopic (exact) mass is 502 g/mol. The molecule has 5 rings (SSSR count). The molecule has 1 aromatic rings. The number of benzene rings is 1. The molecule has 4 saturated carbocycles. The summed E-state index contributed by atoms with van der Waals surface area (Å²) in [5, 5.41) is 24.7. The average Bonchev–Trinajstić information content (AvgIpc) is 2.98. The minimum absolute atomic E-state index is 0.0119. The fourth-order valence-corrected chi connectivity index (χ4v) is 7.52. The van der Waals surface area contributed by atoms with E-state index in [1.807, 2.05) is 45.9 Å². The summed E-state index contributed by atoms with van der Waals surface area (Å²) in [6.45, 7) is 14.1. The lowest BCUT2D eigenvalue weighted by molar-refractivity contribution is -0.199. The van der Waals surface area contributed by atoms with E-state index in [4.69, 9.17) is 0 Å². The van der Waals surface area contributed by atoms with Crippen LogP contribution in [-0.2, 0) is 9.59 Å². The van der Waals surface area contributed by atoms with E-state index >= 15 is 0 Å². The third-order valence-electron chi connectivity index (χ3n) is 9.39. The molecule has 0 amide bonds. The summed E-state index contributed by atoms with van der Waals surface area (Å²) >= 11 is 0. The van der Waals surface area contributed by atoms with Gasteiger partial charge in [-0.3, -0.25) is 9.59 Å². The predicted octanol–water partition coefficient (Wildman–Crippen LogP) is 7.31. The molecule has 0 spiro atoms. The number of carbonyl (C=O) groups excluding carboxylic acids is 2. The summed E-state index contributed by atoms with van der Waals surface area (Å²) in [5.41, 5.74) is -1.21. The highest BCUT2D eigenvalue weighted by Gasteiger charge is 2.85. The summed E-state index contributed by atoms with van der Waals surface area (Å²) in [5.74, 6) is -0.768. The normalized spacial score (nSPS) is 35.3. The molecule has 198 valence electrons. The van der Waals surface area contributed by atoms with Crippen LogP contribution in [0.5, 0.6) is 0 Å². The molecular weight excluding hydrogens is 460 g/mol. The van der Waals surface area contributed by atoms with E-state index in [0.29, 0.717) is 24.8 Å². The summed E-state index contributed by atoms with van der Waals surface area (Å²) < 4.78 is 0. The van der Waals surface area contributed by atoms with Crippen LogP contribution in [0.2, 0.25) is 0 Å². The zero-order valence-electron chi connectivity index (χ0n) is 23.4. The fourth-order valence-electron chi connectivity index (χ4n) is 7.52. The van der Waals surface area contributed by atoms with E-state index in [0.717, 1.165) is 17.6 Å². The van der Waals surface area contributed by atoms with Crippen molar-refractivity contribution in [2.24, 2.45) is 22.2 Å². The lowest BCUT2D eigenvalue weighted by Crippen LogP contribution is -2.74. The van der Waals surface area contributed by atoms with Crippen molar-refractivity contribution in [3.05, 3.63) is 76.4 Å². The Morgan fingerprint density at radius 3 is 2.05 bits per heavy atom. The highest BCUT2D eigenvalue weighted by molar-refractivity contribution is 6.24. The molecule has 0 heterocycles. The first-order chi connectivity index (χ1) is 17.3. The summed E-state index contributed by atoms with van der Waals surface area (Å²) in [6, 6.07) is 8.96. The molecular formula is C33H42O4. The largest absolute Gasteiger partial charge is 0.507 e. The fraction of sp³-hybridized carbons (Fsp3) is 0.515. The first kappa shape index (κ1) is 27.3. The van der Waals surface area contributed by atoms with Crippen molar-refractivity contribution in [3.8, 4) is 0 Å². The van der Waals surface area contributed by atoms with E-state index in [1.54, 1.807) is 24.3 Å². The molecule has 4 aliphatic rings. The van der Waals surface area contributed by atoms with Crippen molar-refractivity contribution >= 4 is 17.3 Å². The average molecular weight is 503 g/mol. The number of hydrogen-bond acceptors (Lipinski definition) is 4. The first-order valence-corrected chi connectivity index (χ1v) is 13.5. The van der Waals surface area contributed by atoms with Gasteiger partial charge in [0.1, 0.15) is 11.4 Å². The van der Waals surface area contributed by atoms with Crippen LogP contribution in [0.15, 0.2) is 70.9 Å². The van der Waals surface area contributed by atoms with Gasteiger partial charge in [0, 0.05) is 11.0 Å². The minimum atomic E-state index is -1.77. The quantitative estimate of drug-likeness (QED) is 0.177. The predicted molar refractivity (Wildman–Crippen MR) is 149 cm³/mol. The number of hydrogen-bond donors (Lipinski definition) is 2. The van der Waals surface area contributed by atoms with Gasteiger partial charge in [-0.1, -0.05) is 72.2 Å². The minimum Gasteiger partial charge on any atom is -0.507 e. The maximum atomic E-state index is 14.7. The van der Waals surface area contributed by atoms with Crippen LogP contribution in [0.1, 0.15) is 86.1 Å². The molecule has 0 aromatic heterocycles. The Kier molecular flexibility index (Phi) is 6.82. The molecule has 0 aliphatic heterocycles. The Morgan fingerprint density at radius 1 is 0.919 bits per heavy atom. The van der Waals surface area contributed by atoms with Crippen LogP contribution >= 0.6 is 0 Å². The standard InChI is InChI=1S/C33H42O4/c1-21(2)13-14-25-19-32(18-16-23(5)6)29(36)31(17-15-22(3)4)20-30(25,7)33(32,37)26(28(31)35)27(34)24-11-9-8-10-12-24/h8-13,15-16,25,34,37H,14,17-20H2,1-7H3. The molecule has 37 heavy (non-hydrogen) atoms. The molecule has 4 nitrogen and oxygen atoms in total. The van der Waals surface area contributed by atoms with E-state index in [-0.39, 0.29) is 29.5 Å². The number of fused-ring (bicyclic) bond motifs is 1. The third-order valence-corrected chi connectivity index (χ3v) is 9.39. The molecule has 4 heteroatoms. The second kappa shape index (κ2) is 9.23. The van der Waals surface area contributed by atoms with Gasteiger partial charge in [-0.2, -0.15) is 0 Å². The number of aliphatic hydroxyl groups excluding tert-OH is 1. The number of aliphatic hydroxyl groups is 2. The number of carbonyl (C=O) groups is 2. The van der Waals surface area contributed by atoms with E-state index < -0.39 is 27.6 Å². The second-order valence-corrected chi connectivity index (χ2v) is 12.6. The molecule has 0 saturated heterocycles. The lowest BCUT2D eigenvalue weighted by Gasteiger charge is -2.63. The molecule has 4 aliphatic carbocycles. The Labute approximate surface area is 221 Å². The van der Waals surface area contributed by atoms with Crippen LogP contribution < -0.4 is 0 Å². The molecule has 0 radical (unpaired) electrons. The van der Waals surface area contributed by atoms with Gasteiger partial charge in [-0.05, 0) is 79.6 Å². The molecule has 1 aromatic carbocycles. The van der Waals surface area contributed by atoms with Crippen molar-refractivity contribution in [1.29, 1.82) is 0 Å². The number of rotatable bonds is 7. The van der Waals surface area contributed by atoms with Crippen molar-refractivity contribution in [2.75, 3.05) is 0 Å². The number of ketones is 2. The van der Waals surface area contributed by atoms with Crippen molar-refractivity contribution < 1.29 is 19.8 Å². The van der Waals surface area contributed by atoms with Gasteiger partial charge in [0.15, 0.2) is 11.6 Å². The molecule has 4 fully saturated rings. The number of Topliss-reactive ketones (excluding diaryl/α,β-unsaturated/α-hetero) is 2. The Balaban J connectivity index is 2.10. The first-order valence-electron chi connectivity index (χ1n) is 13.5. The van der Waals surface area contributed by atoms with E-state index in [9.17, 15) is 19.8 Å². The van der Waals surface area contributed by atoms with Gasteiger partial charge in [-0.15, -0.1) is 0 Å². The second-order valence-electron chi connectivity index (χ2n) is 12.6. The topological polar surface area (TPSA) is 74.6 Å². The van der Waals surface area contributed by atoms with Crippen LogP contribution in [0.3, 0.4) is 0 Å². The molecule has 5 unspecified atom stereocenters. The summed E-state index contributed by atoms with van der Waals surface area (Å²) in [4.78, 5) is 29.1. The Bertz CT molecular complexity index is 1240. The van der Waals surface area contributed by atoms with Gasteiger partial charge in [0.05, 0.1) is 16.4 Å². The highest BCUT2D eigenvalue weighted by Crippen LogP contribution is 2.78. The number of allylic oxidation sites excluding steroid dienone is 6. The van der Waals surface area contributed by atoms with Gasteiger partial charge in [-0.25, -0.2) is 0 Å². The van der Waals surface area contributed by atoms with Crippen molar-refractivity contribution in [1.82, 2.24) is 0 Å². The van der Waals surface area contributed by atoms with Crippen LogP contribution in [0.4, 0.5) is 0 Å². The molecule has 4 bridgehead atoms. The SMILES string of the molecule is CC(C)=CCC1CC2(CC=C(C)C)C(=O)C3(CC=C(C)C)CC1(C)C2(O)C(=C(O)c1ccccc1)C3=O. The summed E-state index contributed by atoms with van der Waals surface area (Å²) in [6.07, 6.45) is 8.32. The van der Waals surface area contributed by atoms with E-state index in [1.165, 1.54) is 5.57 Å². The van der Waals surface area contributed by atoms with Gasteiger partial charge in [0.2, 0.25) is 0 Å². The molecule has 2 N–H and O–H groups in total. The smallest absolute Gasteiger partial charge is 0.179 e. The van der Waals surface area contributed by atoms with Crippen molar-refractivity contribution in [2.45, 2.75) is 86.2 Å². The Morgan fingerprint density at radius 2 is 1.49 bits per heavy atom. The Hall–Kier alpha value is -2.72. The maximum Gasteiger partial charge on any atom is 0.179 e. The highest BCUT2D eigenvalue weighted by atomic mass is 16.3. The summed E-state index contributed by atoms with van der Waals surface area (Å²) in [7, 11) is 0. The van der Waals surface area contributed by atoms with E-state index in [2.05, 4.69) is 26.8 Å². The third kappa shape index (κ3) is 3.74. The van der Waals surface area contributed by atoms with Crippen LogP contribution in [-0.4, -0.2) is 27.4 Å². The van der Waals surface area contributed by atoms with Crippen LogP contribution in [0, 0.1) is 22.2 Å². The zero-order valence-corrected chi connectivity index (χ0v) is 23.4. The van der Waals surface area contributed by atoms with Gasteiger partial charge < -0.3 is 10.2 Å². The zero-order chi connectivity index (χ0) is 27.4. The van der Waals surface area contributed by atoms with Gasteiger partial charge >= 0.3 is 0 Å². The maximum absolute atomic E-state index is 14.7. The van der Waals surface area contributed by atoms with Crippen molar-refractivity contribution in [3.63, 3.8) is 0 Å². The van der Waals surface area contributed by atoms with Crippen LogP contribution in [0.25, 0.3) is 5.76 Å². The molecule has 5 atom stereocenters. The van der Waals surface area contributed by atoms with Gasteiger partial charge in [0.25, 0.3) is 0 Å². The lowest BCUT2D eigenvalue weighted by atomic mass is 9.38.